The maximum Gasteiger partial charge on any atom is 0.137 e. The number of pyridine rings is 1. The lowest BCUT2D eigenvalue weighted by atomic mass is 10.0. The minimum absolute atomic E-state index is 0.233. The maximum absolute atomic E-state index is 13.3. The van der Waals surface area contributed by atoms with Gasteiger partial charge in [0.25, 0.3) is 0 Å². The SMILES string of the molecule is CC1CCCCN1Cc1c(-c2ccc(F)cc2)nc2ccc(N)cn12. The Labute approximate surface area is 147 Å². The van der Waals surface area contributed by atoms with Crippen LogP contribution in [0.25, 0.3) is 16.9 Å². The fourth-order valence-electron chi connectivity index (χ4n) is 3.68. The number of likely N-dealkylation sites (tertiary alicyclic amines) is 1. The molecule has 0 spiro atoms. The number of fused-ring (bicyclic) bond motifs is 1. The van der Waals surface area contributed by atoms with Crippen molar-refractivity contribution in [2.24, 2.45) is 0 Å². The Morgan fingerprint density at radius 2 is 1.96 bits per heavy atom. The van der Waals surface area contributed by atoms with Crippen LogP contribution in [0.3, 0.4) is 0 Å². The minimum atomic E-state index is -0.233. The van der Waals surface area contributed by atoms with E-state index in [2.05, 4.69) is 16.2 Å². The molecule has 1 aliphatic rings. The van der Waals surface area contributed by atoms with E-state index in [0.29, 0.717) is 11.7 Å². The molecule has 1 fully saturated rings. The van der Waals surface area contributed by atoms with Crippen LogP contribution < -0.4 is 5.73 Å². The van der Waals surface area contributed by atoms with Crippen molar-refractivity contribution in [2.45, 2.75) is 38.8 Å². The number of benzene rings is 1. The van der Waals surface area contributed by atoms with Crippen LogP contribution in [0.2, 0.25) is 0 Å². The number of rotatable bonds is 3. The summed E-state index contributed by atoms with van der Waals surface area (Å²) in [6, 6.07) is 10.9. The van der Waals surface area contributed by atoms with E-state index >= 15 is 0 Å². The summed E-state index contributed by atoms with van der Waals surface area (Å²) in [6.45, 7) is 4.20. The van der Waals surface area contributed by atoms with Crippen LogP contribution >= 0.6 is 0 Å². The van der Waals surface area contributed by atoms with E-state index in [0.717, 1.165) is 35.7 Å². The monoisotopic (exact) mass is 338 g/mol. The smallest absolute Gasteiger partial charge is 0.137 e. The fourth-order valence-corrected chi connectivity index (χ4v) is 3.68. The summed E-state index contributed by atoms with van der Waals surface area (Å²) in [5, 5.41) is 0. The first-order valence-electron chi connectivity index (χ1n) is 8.88. The molecule has 3 aromatic rings. The van der Waals surface area contributed by atoms with Crippen molar-refractivity contribution in [1.29, 1.82) is 0 Å². The molecule has 1 atom stereocenters. The zero-order chi connectivity index (χ0) is 17.4. The summed E-state index contributed by atoms with van der Waals surface area (Å²) in [6.07, 6.45) is 5.68. The zero-order valence-electron chi connectivity index (χ0n) is 14.5. The molecule has 1 unspecified atom stereocenters. The van der Waals surface area contributed by atoms with E-state index in [9.17, 15) is 4.39 Å². The summed E-state index contributed by atoms with van der Waals surface area (Å²) in [5.41, 5.74) is 10.5. The maximum atomic E-state index is 13.3. The van der Waals surface area contributed by atoms with E-state index in [-0.39, 0.29) is 5.82 Å². The van der Waals surface area contributed by atoms with E-state index in [4.69, 9.17) is 10.7 Å². The molecular formula is C20H23FN4. The second-order valence-electron chi connectivity index (χ2n) is 6.92. The second kappa shape index (κ2) is 6.48. The lowest BCUT2D eigenvalue weighted by Gasteiger charge is -2.33. The summed E-state index contributed by atoms with van der Waals surface area (Å²) in [5.74, 6) is -0.233. The van der Waals surface area contributed by atoms with Crippen LogP contribution in [0, 0.1) is 5.82 Å². The molecule has 1 aromatic carbocycles. The molecule has 3 heterocycles. The normalized spacial score (nSPS) is 18.7. The van der Waals surface area contributed by atoms with Gasteiger partial charge in [0.1, 0.15) is 11.5 Å². The van der Waals surface area contributed by atoms with Crippen LogP contribution in [0.5, 0.6) is 0 Å². The van der Waals surface area contributed by atoms with Gasteiger partial charge in [-0.1, -0.05) is 6.42 Å². The third-order valence-electron chi connectivity index (χ3n) is 5.15. The average Bonchev–Trinajstić information content (AvgIpc) is 2.95. The van der Waals surface area contributed by atoms with E-state index < -0.39 is 0 Å². The quantitative estimate of drug-likeness (QED) is 0.782. The van der Waals surface area contributed by atoms with Crippen molar-refractivity contribution in [3.8, 4) is 11.3 Å². The number of imidazole rings is 1. The second-order valence-corrected chi connectivity index (χ2v) is 6.92. The van der Waals surface area contributed by atoms with Crippen LogP contribution in [-0.4, -0.2) is 26.9 Å². The van der Waals surface area contributed by atoms with E-state index in [1.807, 2.05) is 18.3 Å². The van der Waals surface area contributed by atoms with Gasteiger partial charge in [-0.2, -0.15) is 0 Å². The predicted molar refractivity (Wildman–Crippen MR) is 98.7 cm³/mol. The molecule has 4 rings (SSSR count). The highest BCUT2D eigenvalue weighted by atomic mass is 19.1. The summed E-state index contributed by atoms with van der Waals surface area (Å²) < 4.78 is 15.4. The van der Waals surface area contributed by atoms with E-state index in [1.54, 1.807) is 12.1 Å². The van der Waals surface area contributed by atoms with Gasteiger partial charge in [0, 0.05) is 30.0 Å². The number of nitrogens with two attached hydrogens (primary N) is 1. The molecule has 130 valence electrons. The van der Waals surface area contributed by atoms with Gasteiger partial charge in [0.05, 0.1) is 11.4 Å². The van der Waals surface area contributed by atoms with E-state index in [1.165, 1.54) is 31.4 Å². The largest absolute Gasteiger partial charge is 0.398 e. The highest BCUT2D eigenvalue weighted by Crippen LogP contribution is 2.28. The van der Waals surface area contributed by atoms with Crippen LogP contribution in [0.1, 0.15) is 31.9 Å². The Morgan fingerprint density at radius 1 is 1.16 bits per heavy atom. The lowest BCUT2D eigenvalue weighted by Crippen LogP contribution is -2.37. The van der Waals surface area contributed by atoms with Crippen LogP contribution in [0.4, 0.5) is 10.1 Å². The number of hydrogen-bond acceptors (Lipinski definition) is 3. The van der Waals surface area contributed by atoms with Crippen LogP contribution in [0.15, 0.2) is 42.6 Å². The number of aromatic nitrogens is 2. The molecule has 2 N–H and O–H groups in total. The van der Waals surface area contributed by atoms with Gasteiger partial charge >= 0.3 is 0 Å². The third-order valence-corrected chi connectivity index (χ3v) is 5.15. The number of anilines is 1. The standard InChI is InChI=1S/C20H23FN4/c1-14-4-2-3-11-24(14)13-18-20(15-5-7-16(21)8-6-15)23-19-10-9-17(22)12-25(18)19/h5-10,12,14H,2-4,11,13,22H2,1H3. The van der Waals surface area contributed by atoms with Gasteiger partial charge < -0.3 is 10.1 Å². The molecule has 0 bridgehead atoms. The summed E-state index contributed by atoms with van der Waals surface area (Å²) in [4.78, 5) is 7.31. The van der Waals surface area contributed by atoms with Gasteiger partial charge in [0.2, 0.25) is 0 Å². The Balaban J connectivity index is 1.82. The minimum Gasteiger partial charge on any atom is -0.398 e. The number of nitrogens with zero attached hydrogens (tertiary/aromatic N) is 3. The molecule has 2 aromatic heterocycles. The average molecular weight is 338 g/mol. The van der Waals surface area contributed by atoms with Gasteiger partial charge in [-0.3, -0.25) is 4.90 Å². The third kappa shape index (κ3) is 3.12. The number of nitrogen functional groups attached to an aromatic ring is 1. The first kappa shape index (κ1) is 16.1. The Morgan fingerprint density at radius 3 is 2.72 bits per heavy atom. The van der Waals surface area contributed by atoms with Gasteiger partial charge in [0.15, 0.2) is 0 Å². The molecule has 0 radical (unpaired) electrons. The lowest BCUT2D eigenvalue weighted by molar-refractivity contribution is 0.151. The van der Waals surface area contributed by atoms with Crippen molar-refractivity contribution in [3.63, 3.8) is 0 Å². The molecular weight excluding hydrogens is 315 g/mol. The highest BCUT2D eigenvalue weighted by molar-refractivity contribution is 5.67. The molecule has 0 saturated carbocycles. The summed E-state index contributed by atoms with van der Waals surface area (Å²) in [7, 11) is 0. The van der Waals surface area contributed by atoms with Crippen LogP contribution in [-0.2, 0) is 6.54 Å². The van der Waals surface area contributed by atoms with Crippen molar-refractivity contribution in [1.82, 2.24) is 14.3 Å². The first-order valence-corrected chi connectivity index (χ1v) is 8.88. The predicted octanol–water partition coefficient (Wildman–Crippen LogP) is 4.10. The van der Waals surface area contributed by atoms with Gasteiger partial charge in [-0.05, 0) is 62.7 Å². The molecule has 1 saturated heterocycles. The first-order chi connectivity index (χ1) is 12.1. The zero-order valence-corrected chi connectivity index (χ0v) is 14.5. The molecule has 5 heteroatoms. The Bertz CT molecular complexity index is 885. The topological polar surface area (TPSA) is 46.6 Å². The number of hydrogen-bond donors (Lipinski definition) is 1. The highest BCUT2D eigenvalue weighted by Gasteiger charge is 2.22. The van der Waals surface area contributed by atoms with Crippen molar-refractivity contribution in [3.05, 3.63) is 54.1 Å². The number of piperidine rings is 1. The number of halogens is 1. The molecule has 0 aliphatic carbocycles. The molecule has 0 amide bonds. The fraction of sp³-hybridized carbons (Fsp3) is 0.350. The molecule has 1 aliphatic heterocycles. The van der Waals surface area contributed by atoms with Gasteiger partial charge in [-0.25, -0.2) is 9.37 Å². The molecule has 25 heavy (non-hydrogen) atoms. The van der Waals surface area contributed by atoms with Crippen molar-refractivity contribution >= 4 is 11.3 Å². The Hall–Kier alpha value is -2.40. The molecule has 4 nitrogen and oxygen atoms in total. The van der Waals surface area contributed by atoms with Crippen molar-refractivity contribution < 1.29 is 4.39 Å². The Kier molecular flexibility index (Phi) is 4.17. The van der Waals surface area contributed by atoms with Crippen molar-refractivity contribution in [2.75, 3.05) is 12.3 Å². The van der Waals surface area contributed by atoms with Gasteiger partial charge in [-0.15, -0.1) is 0 Å². The summed E-state index contributed by atoms with van der Waals surface area (Å²) >= 11 is 0.